The van der Waals surface area contributed by atoms with E-state index < -0.39 is 0 Å². The summed E-state index contributed by atoms with van der Waals surface area (Å²) in [4.78, 5) is 0. The van der Waals surface area contributed by atoms with Gasteiger partial charge >= 0.3 is 0 Å². The van der Waals surface area contributed by atoms with Crippen LogP contribution in [0.15, 0.2) is 6.07 Å². The molecule has 2 unspecified atom stereocenters. The summed E-state index contributed by atoms with van der Waals surface area (Å²) in [6, 6.07) is 2.24. The molecule has 0 aromatic carbocycles. The Hall–Kier alpha value is -0.830. The standard InChI is InChI=1S/C15H27N3/c1-4-14-9-15(18(5-2)17-14)11-16-10-13-8-6-7-12(13)3/h9,12-13,16H,4-8,10-11H2,1-3H3. The predicted molar refractivity (Wildman–Crippen MR) is 75.5 cm³/mol. The summed E-state index contributed by atoms with van der Waals surface area (Å²) in [5, 5.41) is 8.21. The summed E-state index contributed by atoms with van der Waals surface area (Å²) in [6.07, 6.45) is 5.26. The summed E-state index contributed by atoms with van der Waals surface area (Å²) in [5.74, 6) is 1.79. The van der Waals surface area contributed by atoms with Gasteiger partial charge in [0.05, 0.1) is 11.4 Å². The largest absolute Gasteiger partial charge is 0.311 e. The van der Waals surface area contributed by atoms with Crippen molar-refractivity contribution in [3.63, 3.8) is 0 Å². The van der Waals surface area contributed by atoms with E-state index in [-0.39, 0.29) is 0 Å². The second-order valence-corrected chi connectivity index (χ2v) is 5.60. The maximum Gasteiger partial charge on any atom is 0.0625 e. The summed E-state index contributed by atoms with van der Waals surface area (Å²) in [5.41, 5.74) is 2.54. The molecule has 1 fully saturated rings. The van der Waals surface area contributed by atoms with E-state index in [9.17, 15) is 0 Å². The van der Waals surface area contributed by atoms with Crippen molar-refractivity contribution in [2.24, 2.45) is 11.8 Å². The highest BCUT2D eigenvalue weighted by molar-refractivity contribution is 5.10. The minimum atomic E-state index is 0.883. The molecule has 0 saturated heterocycles. The molecule has 1 N–H and O–H groups in total. The summed E-state index contributed by atoms with van der Waals surface area (Å²) in [6.45, 7) is 9.82. The van der Waals surface area contributed by atoms with Gasteiger partial charge in [-0.3, -0.25) is 4.68 Å². The second-order valence-electron chi connectivity index (χ2n) is 5.60. The normalized spacial score (nSPS) is 23.7. The molecule has 1 aliphatic rings. The van der Waals surface area contributed by atoms with Gasteiger partial charge in [-0.2, -0.15) is 5.10 Å². The van der Waals surface area contributed by atoms with Crippen LogP contribution in [0.5, 0.6) is 0 Å². The smallest absolute Gasteiger partial charge is 0.0625 e. The molecule has 1 heterocycles. The Kier molecular flexibility index (Phi) is 4.81. The molecule has 0 amide bonds. The van der Waals surface area contributed by atoms with Crippen molar-refractivity contribution in [2.45, 2.75) is 59.5 Å². The SMILES string of the molecule is CCc1cc(CNCC2CCCC2C)n(CC)n1. The molecule has 1 aliphatic carbocycles. The van der Waals surface area contributed by atoms with Crippen LogP contribution >= 0.6 is 0 Å². The minimum absolute atomic E-state index is 0.883. The lowest BCUT2D eigenvalue weighted by Crippen LogP contribution is -2.25. The zero-order valence-electron chi connectivity index (χ0n) is 12.1. The van der Waals surface area contributed by atoms with Gasteiger partial charge in [0.1, 0.15) is 0 Å². The van der Waals surface area contributed by atoms with Crippen LogP contribution in [0.4, 0.5) is 0 Å². The van der Waals surface area contributed by atoms with Crippen LogP contribution in [0.25, 0.3) is 0 Å². The molecular formula is C15H27N3. The number of nitrogens with zero attached hydrogens (tertiary/aromatic N) is 2. The zero-order chi connectivity index (χ0) is 13.0. The lowest BCUT2D eigenvalue weighted by Gasteiger charge is -2.16. The fraction of sp³-hybridized carbons (Fsp3) is 0.800. The third kappa shape index (κ3) is 3.14. The van der Waals surface area contributed by atoms with Gasteiger partial charge in [-0.1, -0.05) is 26.7 Å². The van der Waals surface area contributed by atoms with E-state index >= 15 is 0 Å². The second kappa shape index (κ2) is 6.37. The van der Waals surface area contributed by atoms with E-state index in [1.165, 1.54) is 30.7 Å². The van der Waals surface area contributed by atoms with Crippen molar-refractivity contribution < 1.29 is 0 Å². The third-order valence-electron chi connectivity index (χ3n) is 4.33. The lowest BCUT2D eigenvalue weighted by atomic mass is 9.98. The molecule has 3 heteroatoms. The number of hydrogen-bond donors (Lipinski definition) is 1. The first-order valence-electron chi connectivity index (χ1n) is 7.50. The highest BCUT2D eigenvalue weighted by Crippen LogP contribution is 2.30. The van der Waals surface area contributed by atoms with Crippen molar-refractivity contribution in [1.82, 2.24) is 15.1 Å². The van der Waals surface area contributed by atoms with Crippen molar-refractivity contribution in [3.8, 4) is 0 Å². The molecule has 0 aliphatic heterocycles. The summed E-state index contributed by atoms with van der Waals surface area (Å²) >= 11 is 0. The first-order chi connectivity index (χ1) is 8.74. The highest BCUT2D eigenvalue weighted by Gasteiger charge is 2.22. The van der Waals surface area contributed by atoms with Crippen LogP contribution in [0.3, 0.4) is 0 Å². The van der Waals surface area contributed by atoms with Crippen LogP contribution in [-0.4, -0.2) is 16.3 Å². The minimum Gasteiger partial charge on any atom is -0.311 e. The van der Waals surface area contributed by atoms with E-state index in [1.807, 2.05) is 0 Å². The number of aryl methyl sites for hydroxylation is 2. The maximum atomic E-state index is 4.59. The van der Waals surface area contributed by atoms with Crippen LogP contribution in [0, 0.1) is 11.8 Å². The van der Waals surface area contributed by atoms with E-state index in [1.54, 1.807) is 0 Å². The van der Waals surface area contributed by atoms with Gasteiger partial charge in [-0.25, -0.2) is 0 Å². The summed E-state index contributed by atoms with van der Waals surface area (Å²) < 4.78 is 2.13. The molecule has 0 radical (unpaired) electrons. The average molecular weight is 249 g/mol. The topological polar surface area (TPSA) is 29.9 Å². The third-order valence-corrected chi connectivity index (χ3v) is 4.33. The molecule has 0 bridgehead atoms. The first-order valence-corrected chi connectivity index (χ1v) is 7.50. The lowest BCUT2D eigenvalue weighted by molar-refractivity contribution is 0.388. The molecule has 1 aromatic heterocycles. The van der Waals surface area contributed by atoms with Crippen LogP contribution < -0.4 is 5.32 Å². The van der Waals surface area contributed by atoms with Crippen molar-refractivity contribution in [3.05, 3.63) is 17.5 Å². The molecule has 3 nitrogen and oxygen atoms in total. The number of nitrogens with one attached hydrogen (secondary N) is 1. The molecule has 2 atom stereocenters. The Morgan fingerprint density at radius 1 is 1.39 bits per heavy atom. The van der Waals surface area contributed by atoms with Gasteiger partial charge in [0, 0.05) is 13.1 Å². The molecule has 102 valence electrons. The van der Waals surface area contributed by atoms with Crippen LogP contribution in [-0.2, 0) is 19.5 Å². The summed E-state index contributed by atoms with van der Waals surface area (Å²) in [7, 11) is 0. The predicted octanol–water partition coefficient (Wildman–Crippen LogP) is 2.99. The van der Waals surface area contributed by atoms with Gasteiger partial charge in [-0.15, -0.1) is 0 Å². The van der Waals surface area contributed by atoms with Crippen molar-refractivity contribution in [1.29, 1.82) is 0 Å². The van der Waals surface area contributed by atoms with Crippen molar-refractivity contribution in [2.75, 3.05) is 6.54 Å². The van der Waals surface area contributed by atoms with Gasteiger partial charge < -0.3 is 5.32 Å². The number of aromatic nitrogens is 2. The first kappa shape index (κ1) is 13.6. The van der Waals surface area contributed by atoms with E-state index in [4.69, 9.17) is 0 Å². The quantitative estimate of drug-likeness (QED) is 0.840. The molecule has 2 rings (SSSR count). The van der Waals surface area contributed by atoms with Crippen LogP contribution in [0.2, 0.25) is 0 Å². The molecule has 0 spiro atoms. The molecule has 1 aromatic rings. The Morgan fingerprint density at radius 2 is 2.22 bits per heavy atom. The molecule has 18 heavy (non-hydrogen) atoms. The van der Waals surface area contributed by atoms with E-state index in [0.717, 1.165) is 37.9 Å². The Morgan fingerprint density at radius 3 is 2.83 bits per heavy atom. The Balaban J connectivity index is 1.83. The monoisotopic (exact) mass is 249 g/mol. The molecular weight excluding hydrogens is 222 g/mol. The fourth-order valence-corrected chi connectivity index (χ4v) is 3.01. The van der Waals surface area contributed by atoms with E-state index in [0.29, 0.717) is 0 Å². The zero-order valence-corrected chi connectivity index (χ0v) is 12.1. The van der Waals surface area contributed by atoms with Gasteiger partial charge in [0.25, 0.3) is 0 Å². The number of hydrogen-bond acceptors (Lipinski definition) is 2. The highest BCUT2D eigenvalue weighted by atomic mass is 15.3. The van der Waals surface area contributed by atoms with Gasteiger partial charge in [0.15, 0.2) is 0 Å². The van der Waals surface area contributed by atoms with Crippen LogP contribution in [0.1, 0.15) is 51.4 Å². The average Bonchev–Trinajstić information content (AvgIpc) is 2.96. The van der Waals surface area contributed by atoms with E-state index in [2.05, 4.69) is 41.9 Å². The Bertz CT molecular complexity index is 370. The molecule has 1 saturated carbocycles. The maximum absolute atomic E-state index is 4.59. The van der Waals surface area contributed by atoms with Gasteiger partial charge in [0.2, 0.25) is 0 Å². The fourth-order valence-electron chi connectivity index (χ4n) is 3.01. The van der Waals surface area contributed by atoms with Gasteiger partial charge in [-0.05, 0) is 44.2 Å². The Labute approximate surface area is 111 Å². The van der Waals surface area contributed by atoms with Crippen molar-refractivity contribution >= 4 is 0 Å². The number of rotatable bonds is 6.